The Kier molecular flexibility index (Phi) is 4.43. The lowest BCUT2D eigenvalue weighted by Gasteiger charge is -2.07. The second-order valence-electron chi connectivity index (χ2n) is 3.66. The van der Waals surface area contributed by atoms with Crippen LogP contribution in [0.4, 0.5) is 5.69 Å². The smallest absolute Gasteiger partial charge is 0.220 e. The molecular formula is C14H10INOS. The maximum atomic E-state index is 12.0. The highest BCUT2D eigenvalue weighted by Crippen LogP contribution is 2.12. The van der Waals surface area contributed by atoms with Crippen molar-refractivity contribution in [2.24, 2.45) is 0 Å². The highest BCUT2D eigenvalue weighted by atomic mass is 127. The van der Waals surface area contributed by atoms with Gasteiger partial charge in [-0.2, -0.15) is 0 Å². The summed E-state index contributed by atoms with van der Waals surface area (Å²) < 4.78 is 1.14. The number of benzene rings is 2. The van der Waals surface area contributed by atoms with Gasteiger partial charge in [0.2, 0.25) is 5.78 Å². The Bertz CT molecular complexity index is 566. The molecule has 18 heavy (non-hydrogen) atoms. The van der Waals surface area contributed by atoms with E-state index in [2.05, 4.69) is 27.9 Å². The first-order chi connectivity index (χ1) is 8.66. The molecule has 0 aliphatic heterocycles. The molecule has 2 rings (SSSR count). The van der Waals surface area contributed by atoms with Crippen LogP contribution in [0.5, 0.6) is 0 Å². The van der Waals surface area contributed by atoms with E-state index in [1.165, 1.54) is 0 Å². The molecule has 90 valence electrons. The molecule has 0 unspecified atom stereocenters. The van der Waals surface area contributed by atoms with Crippen LogP contribution < -0.4 is 5.32 Å². The third-order valence-corrected chi connectivity index (χ3v) is 3.35. The summed E-state index contributed by atoms with van der Waals surface area (Å²) in [6.07, 6.45) is 0. The van der Waals surface area contributed by atoms with Crippen molar-refractivity contribution < 1.29 is 4.79 Å². The van der Waals surface area contributed by atoms with Gasteiger partial charge < -0.3 is 5.32 Å². The number of carbonyl (C=O) groups is 1. The van der Waals surface area contributed by atoms with Crippen molar-refractivity contribution in [3.8, 4) is 0 Å². The van der Waals surface area contributed by atoms with Crippen LogP contribution in [-0.2, 0) is 0 Å². The molecule has 0 spiro atoms. The Morgan fingerprint density at radius 1 is 1.00 bits per heavy atom. The number of Topliss-reactive ketones (excluding diaryl/α,β-unsaturated/α-hetero) is 1. The fraction of sp³-hybridized carbons (Fsp3) is 0. The summed E-state index contributed by atoms with van der Waals surface area (Å²) in [5.74, 6) is -0.163. The molecule has 0 aliphatic carbocycles. The van der Waals surface area contributed by atoms with Crippen LogP contribution in [0.3, 0.4) is 0 Å². The van der Waals surface area contributed by atoms with Gasteiger partial charge in [0.05, 0.1) is 0 Å². The number of ketones is 1. The fourth-order valence-corrected chi connectivity index (χ4v) is 2.04. The number of thiocarbonyl (C=S) groups is 1. The van der Waals surface area contributed by atoms with Gasteiger partial charge in [-0.1, -0.05) is 42.5 Å². The second-order valence-corrected chi connectivity index (χ2v) is 5.31. The molecule has 0 heterocycles. The average Bonchev–Trinajstić information content (AvgIpc) is 2.41. The predicted molar refractivity (Wildman–Crippen MR) is 86.2 cm³/mol. The van der Waals surface area contributed by atoms with Crippen LogP contribution in [0.1, 0.15) is 10.4 Å². The van der Waals surface area contributed by atoms with Gasteiger partial charge >= 0.3 is 0 Å². The van der Waals surface area contributed by atoms with Gasteiger partial charge in [0, 0.05) is 14.8 Å². The topological polar surface area (TPSA) is 29.1 Å². The number of hydrogen-bond acceptors (Lipinski definition) is 2. The number of carbonyl (C=O) groups excluding carboxylic acids is 1. The Morgan fingerprint density at radius 2 is 1.61 bits per heavy atom. The van der Waals surface area contributed by atoms with E-state index in [9.17, 15) is 4.79 Å². The lowest BCUT2D eigenvalue weighted by atomic mass is 10.1. The van der Waals surface area contributed by atoms with E-state index in [-0.39, 0.29) is 10.8 Å². The number of hydrogen-bond donors (Lipinski definition) is 1. The summed E-state index contributed by atoms with van der Waals surface area (Å²) in [5, 5.41) is 2.95. The standard InChI is InChI=1S/C14H10INOS/c15-11-6-8-12(9-7-11)16-14(18)13(17)10-4-2-1-3-5-10/h1-9H,(H,16,18). The number of halogens is 1. The Labute approximate surface area is 125 Å². The summed E-state index contributed by atoms with van der Waals surface area (Å²) in [6, 6.07) is 16.7. The SMILES string of the molecule is O=C(C(=S)Nc1ccc(I)cc1)c1ccccc1. The van der Waals surface area contributed by atoms with Crippen molar-refractivity contribution in [2.75, 3.05) is 5.32 Å². The van der Waals surface area contributed by atoms with E-state index < -0.39 is 0 Å². The number of nitrogens with one attached hydrogen (secondary N) is 1. The van der Waals surface area contributed by atoms with Crippen molar-refractivity contribution in [1.29, 1.82) is 0 Å². The van der Waals surface area contributed by atoms with E-state index >= 15 is 0 Å². The average molecular weight is 367 g/mol. The normalized spacial score (nSPS) is 9.83. The Hall–Kier alpha value is -1.27. The summed E-state index contributed by atoms with van der Waals surface area (Å²) in [7, 11) is 0. The first kappa shape index (κ1) is 13.2. The highest BCUT2D eigenvalue weighted by Gasteiger charge is 2.11. The van der Waals surface area contributed by atoms with Crippen LogP contribution >= 0.6 is 34.8 Å². The number of rotatable bonds is 3. The molecule has 0 fully saturated rings. The van der Waals surface area contributed by atoms with E-state index in [4.69, 9.17) is 12.2 Å². The monoisotopic (exact) mass is 367 g/mol. The molecule has 0 atom stereocenters. The first-order valence-corrected chi connectivity index (χ1v) is 6.82. The summed E-state index contributed by atoms with van der Waals surface area (Å²) in [5.41, 5.74) is 1.42. The van der Waals surface area contributed by atoms with Crippen molar-refractivity contribution in [2.45, 2.75) is 0 Å². The molecule has 0 saturated carbocycles. The van der Waals surface area contributed by atoms with Crippen LogP contribution in [-0.4, -0.2) is 10.8 Å². The van der Waals surface area contributed by atoms with Gasteiger partial charge in [-0.15, -0.1) is 0 Å². The summed E-state index contributed by atoms with van der Waals surface area (Å²) in [4.78, 5) is 12.2. The second kappa shape index (κ2) is 6.06. The van der Waals surface area contributed by atoms with Crippen molar-refractivity contribution in [3.63, 3.8) is 0 Å². The van der Waals surface area contributed by atoms with Gasteiger partial charge in [0.1, 0.15) is 0 Å². The maximum absolute atomic E-state index is 12.0. The van der Waals surface area contributed by atoms with E-state index in [0.717, 1.165) is 9.26 Å². The van der Waals surface area contributed by atoms with Gasteiger partial charge in [0.15, 0.2) is 4.99 Å². The Morgan fingerprint density at radius 3 is 2.22 bits per heavy atom. The largest absolute Gasteiger partial charge is 0.343 e. The quantitative estimate of drug-likeness (QED) is 0.507. The van der Waals surface area contributed by atoms with Crippen molar-refractivity contribution >= 4 is 51.3 Å². The molecule has 2 nitrogen and oxygen atoms in total. The Balaban J connectivity index is 2.09. The van der Waals surface area contributed by atoms with Crippen molar-refractivity contribution in [3.05, 3.63) is 63.7 Å². The maximum Gasteiger partial charge on any atom is 0.220 e. The van der Waals surface area contributed by atoms with Gasteiger partial charge in [-0.05, 0) is 46.9 Å². The van der Waals surface area contributed by atoms with Gasteiger partial charge in [-0.25, -0.2) is 0 Å². The molecule has 0 amide bonds. The van der Waals surface area contributed by atoms with Crippen LogP contribution in [0.15, 0.2) is 54.6 Å². The van der Waals surface area contributed by atoms with E-state index in [1.807, 2.05) is 42.5 Å². The summed E-state index contributed by atoms with van der Waals surface area (Å²) in [6.45, 7) is 0. The van der Waals surface area contributed by atoms with Crippen molar-refractivity contribution in [1.82, 2.24) is 0 Å². The minimum Gasteiger partial charge on any atom is -0.343 e. The molecule has 0 radical (unpaired) electrons. The zero-order valence-corrected chi connectivity index (χ0v) is 12.4. The molecule has 2 aromatic carbocycles. The minimum atomic E-state index is -0.163. The highest BCUT2D eigenvalue weighted by molar-refractivity contribution is 14.1. The lowest BCUT2D eigenvalue weighted by Crippen LogP contribution is -2.20. The molecule has 1 N–H and O–H groups in total. The third-order valence-electron chi connectivity index (χ3n) is 2.34. The third kappa shape index (κ3) is 3.36. The first-order valence-electron chi connectivity index (χ1n) is 5.33. The molecule has 0 aliphatic rings. The van der Waals surface area contributed by atoms with Gasteiger partial charge in [0.25, 0.3) is 0 Å². The van der Waals surface area contributed by atoms with E-state index in [1.54, 1.807) is 12.1 Å². The van der Waals surface area contributed by atoms with Crippen LogP contribution in [0.25, 0.3) is 0 Å². The minimum absolute atomic E-state index is 0.163. The molecule has 0 saturated heterocycles. The summed E-state index contributed by atoms with van der Waals surface area (Å²) >= 11 is 7.34. The molecule has 0 bridgehead atoms. The zero-order valence-electron chi connectivity index (χ0n) is 9.39. The predicted octanol–water partition coefficient (Wildman–Crippen LogP) is 3.91. The zero-order chi connectivity index (χ0) is 13.0. The van der Waals surface area contributed by atoms with Gasteiger partial charge in [-0.3, -0.25) is 4.79 Å². The van der Waals surface area contributed by atoms with Crippen LogP contribution in [0.2, 0.25) is 0 Å². The molecule has 4 heteroatoms. The van der Waals surface area contributed by atoms with E-state index in [0.29, 0.717) is 5.56 Å². The fourth-order valence-electron chi connectivity index (χ4n) is 1.44. The molecular weight excluding hydrogens is 357 g/mol. The lowest BCUT2D eigenvalue weighted by molar-refractivity contribution is 0.106. The molecule has 0 aromatic heterocycles. The number of anilines is 1. The van der Waals surface area contributed by atoms with Crippen LogP contribution in [0, 0.1) is 3.57 Å². The molecule has 2 aromatic rings.